The lowest BCUT2D eigenvalue weighted by Crippen LogP contribution is -2.52. The van der Waals surface area contributed by atoms with Crippen molar-refractivity contribution in [2.45, 2.75) is 49.9 Å². The highest BCUT2D eigenvalue weighted by atomic mass is 32.2. The van der Waals surface area contributed by atoms with E-state index in [-0.39, 0.29) is 25.0 Å². The van der Waals surface area contributed by atoms with Gasteiger partial charge in [-0.05, 0) is 24.8 Å². The zero-order chi connectivity index (χ0) is 31.0. The Bertz CT molecular complexity index is 968. The van der Waals surface area contributed by atoms with Gasteiger partial charge in [-0.2, -0.15) is 12.6 Å². The van der Waals surface area contributed by atoms with Crippen molar-refractivity contribution in [1.82, 2.24) is 20.3 Å². The van der Waals surface area contributed by atoms with Gasteiger partial charge in [-0.1, -0.05) is 0 Å². The molecule has 0 saturated heterocycles. The first-order valence-electron chi connectivity index (χ1n) is 11.4. The second kappa shape index (κ2) is 18.6. The van der Waals surface area contributed by atoms with Crippen molar-refractivity contribution in [3.63, 3.8) is 0 Å². The predicted molar refractivity (Wildman–Crippen MR) is 140 cm³/mol. The SMILES string of the molecule is NC(CCC(=O)NC(CSN(CC(=O)O)C(=O)C(CS)NC(=O)CCC(N)C(=O)O)C(=O)NCC(=O)O)C(=O)O. The number of amides is 4. The van der Waals surface area contributed by atoms with Crippen LogP contribution in [0.1, 0.15) is 25.7 Å². The molecule has 0 bridgehead atoms. The third kappa shape index (κ3) is 15.1. The number of hydrogen-bond acceptors (Lipinski definition) is 12. The molecule has 18 nitrogen and oxygen atoms in total. The molecule has 0 aromatic carbocycles. The molecule has 0 fully saturated rings. The van der Waals surface area contributed by atoms with Crippen molar-refractivity contribution in [3.05, 3.63) is 0 Å². The minimum atomic E-state index is -1.50. The van der Waals surface area contributed by atoms with E-state index < -0.39 is 96.9 Å². The van der Waals surface area contributed by atoms with Crippen molar-refractivity contribution < 1.29 is 58.8 Å². The number of rotatable bonds is 20. The van der Waals surface area contributed by atoms with E-state index in [4.69, 9.17) is 26.8 Å². The largest absolute Gasteiger partial charge is 0.480 e. The molecular weight excluding hydrogens is 580 g/mol. The zero-order valence-electron chi connectivity index (χ0n) is 21.0. The molecule has 20 heteroatoms. The summed E-state index contributed by atoms with van der Waals surface area (Å²) in [6, 6.07) is -5.55. The van der Waals surface area contributed by atoms with Crippen molar-refractivity contribution in [2.24, 2.45) is 11.5 Å². The average Bonchev–Trinajstić information content (AvgIpc) is 2.87. The fraction of sp³-hybridized carbons (Fsp3) is 0.600. The van der Waals surface area contributed by atoms with Crippen molar-refractivity contribution in [1.29, 1.82) is 0 Å². The molecule has 226 valence electrons. The fourth-order valence-electron chi connectivity index (χ4n) is 2.66. The lowest BCUT2D eigenvalue weighted by Gasteiger charge is -2.26. The quantitative estimate of drug-likeness (QED) is 0.0463. The van der Waals surface area contributed by atoms with Crippen LogP contribution in [-0.2, 0) is 38.4 Å². The number of nitrogens with two attached hydrogens (primary N) is 2. The molecule has 0 spiro atoms. The Morgan fingerprint density at radius 2 is 1.25 bits per heavy atom. The van der Waals surface area contributed by atoms with E-state index in [1.807, 2.05) is 5.32 Å². The van der Waals surface area contributed by atoms with Gasteiger partial charge in [0.15, 0.2) is 0 Å². The van der Waals surface area contributed by atoms with Crippen molar-refractivity contribution in [2.75, 3.05) is 24.6 Å². The molecular formula is C20H32N6O12S2. The van der Waals surface area contributed by atoms with E-state index in [9.17, 15) is 43.5 Å². The lowest BCUT2D eigenvalue weighted by atomic mass is 10.1. The number of carbonyl (C=O) groups is 8. The van der Waals surface area contributed by atoms with E-state index >= 15 is 0 Å². The first kappa shape index (κ1) is 36.4. The Morgan fingerprint density at radius 1 is 0.775 bits per heavy atom. The minimum Gasteiger partial charge on any atom is -0.480 e. The summed E-state index contributed by atoms with van der Waals surface area (Å²) >= 11 is 4.45. The van der Waals surface area contributed by atoms with E-state index in [0.717, 1.165) is 0 Å². The molecule has 0 radical (unpaired) electrons. The number of aliphatic carboxylic acids is 4. The highest BCUT2D eigenvalue weighted by molar-refractivity contribution is 7.97. The van der Waals surface area contributed by atoms with Crippen LogP contribution >= 0.6 is 24.6 Å². The van der Waals surface area contributed by atoms with E-state index in [1.54, 1.807) is 0 Å². The number of thiol groups is 1. The van der Waals surface area contributed by atoms with Crippen LogP contribution in [0.25, 0.3) is 0 Å². The molecule has 4 atom stereocenters. The Kier molecular flexibility index (Phi) is 16.9. The van der Waals surface area contributed by atoms with Gasteiger partial charge in [0.25, 0.3) is 5.91 Å². The highest BCUT2D eigenvalue weighted by Crippen LogP contribution is 2.15. The van der Waals surface area contributed by atoms with E-state index in [1.165, 1.54) is 0 Å². The monoisotopic (exact) mass is 612 g/mol. The lowest BCUT2D eigenvalue weighted by molar-refractivity contribution is -0.141. The van der Waals surface area contributed by atoms with Crippen LogP contribution in [0.4, 0.5) is 0 Å². The molecule has 4 unspecified atom stereocenters. The normalized spacial score (nSPS) is 13.6. The zero-order valence-corrected chi connectivity index (χ0v) is 22.7. The molecule has 0 rings (SSSR count). The molecule has 0 aliphatic rings. The summed E-state index contributed by atoms with van der Waals surface area (Å²) in [5.74, 6) is -9.91. The van der Waals surface area contributed by atoms with Crippen LogP contribution in [0.5, 0.6) is 0 Å². The third-order valence-electron chi connectivity index (χ3n) is 4.80. The summed E-state index contributed by atoms with van der Waals surface area (Å²) in [4.78, 5) is 93.7. The molecule has 0 aliphatic heterocycles. The standard InChI is InChI=1S/C20H32N6O12S2/c21-9(19(35)36)1-3-13(27)24-11(7-39)18(34)26(6-16(31)32)40-8-12(17(33)23-5-15(29)30)25-14(28)4-2-10(22)20(37)38/h9-12,39H,1-8,21-22H2,(H,23,33)(H,24,27)(H,25,28)(H,29,30)(H,31,32)(H,35,36)(H,37,38). The number of carboxylic acid groups (broad SMARTS) is 4. The minimum absolute atomic E-state index is 0.244. The summed E-state index contributed by atoms with van der Waals surface area (Å²) < 4.78 is 0.677. The van der Waals surface area contributed by atoms with E-state index in [2.05, 4.69) is 23.3 Å². The summed E-state index contributed by atoms with van der Waals surface area (Å²) in [6.07, 6.45) is -1.31. The topological polar surface area (TPSA) is 309 Å². The Hall–Kier alpha value is -3.62. The predicted octanol–water partition coefficient (Wildman–Crippen LogP) is -3.97. The summed E-state index contributed by atoms with van der Waals surface area (Å²) in [5.41, 5.74) is 10.7. The number of hydrogen-bond donors (Lipinski definition) is 10. The van der Waals surface area contributed by atoms with Crippen LogP contribution in [-0.4, -0.2) is 121 Å². The maximum Gasteiger partial charge on any atom is 0.324 e. The highest BCUT2D eigenvalue weighted by Gasteiger charge is 2.30. The van der Waals surface area contributed by atoms with Gasteiger partial charge in [-0.3, -0.25) is 42.7 Å². The first-order valence-corrected chi connectivity index (χ1v) is 13.0. The number of nitrogens with one attached hydrogen (secondary N) is 3. The van der Waals surface area contributed by atoms with Crippen LogP contribution in [0, 0.1) is 0 Å². The molecule has 0 aromatic rings. The van der Waals surface area contributed by atoms with Gasteiger partial charge in [0.2, 0.25) is 17.7 Å². The average molecular weight is 613 g/mol. The molecule has 0 saturated carbocycles. The molecule has 40 heavy (non-hydrogen) atoms. The van der Waals surface area contributed by atoms with Gasteiger partial charge < -0.3 is 47.8 Å². The Labute approximate surface area is 237 Å². The van der Waals surface area contributed by atoms with Gasteiger partial charge in [-0.15, -0.1) is 0 Å². The van der Waals surface area contributed by atoms with Crippen LogP contribution in [0.15, 0.2) is 0 Å². The number of nitrogens with zero attached hydrogens (tertiary/aromatic N) is 1. The maximum atomic E-state index is 13.0. The van der Waals surface area contributed by atoms with Crippen LogP contribution in [0.2, 0.25) is 0 Å². The van der Waals surface area contributed by atoms with Crippen LogP contribution in [0.3, 0.4) is 0 Å². The fourth-order valence-corrected chi connectivity index (χ4v) is 3.92. The third-order valence-corrected chi connectivity index (χ3v) is 6.27. The molecule has 4 amide bonds. The second-order valence-electron chi connectivity index (χ2n) is 8.07. The van der Waals surface area contributed by atoms with Gasteiger partial charge in [-0.25, -0.2) is 0 Å². The Morgan fingerprint density at radius 3 is 1.65 bits per heavy atom. The second-order valence-corrected chi connectivity index (χ2v) is 9.46. The molecule has 0 aromatic heterocycles. The van der Waals surface area contributed by atoms with E-state index in [0.29, 0.717) is 16.3 Å². The van der Waals surface area contributed by atoms with Crippen molar-refractivity contribution in [3.8, 4) is 0 Å². The first-order chi connectivity index (χ1) is 18.6. The summed E-state index contributed by atoms with van der Waals surface area (Å²) in [6.45, 7) is -1.74. The number of carboxylic acids is 4. The van der Waals surface area contributed by atoms with Gasteiger partial charge in [0.1, 0.15) is 37.3 Å². The summed E-state index contributed by atoms with van der Waals surface area (Å²) in [5, 5.41) is 42.2. The van der Waals surface area contributed by atoms with Gasteiger partial charge in [0, 0.05) is 24.3 Å². The van der Waals surface area contributed by atoms with Gasteiger partial charge >= 0.3 is 23.9 Å². The summed E-state index contributed by atoms with van der Waals surface area (Å²) in [7, 11) is 0. The van der Waals surface area contributed by atoms with Crippen molar-refractivity contribution >= 4 is 72.1 Å². The van der Waals surface area contributed by atoms with Crippen LogP contribution < -0.4 is 27.4 Å². The number of carbonyl (C=O) groups excluding carboxylic acids is 4. The Balaban J connectivity index is 5.54. The molecule has 0 heterocycles. The van der Waals surface area contributed by atoms with Gasteiger partial charge in [0.05, 0.1) is 0 Å². The maximum absolute atomic E-state index is 13.0. The molecule has 0 aliphatic carbocycles. The smallest absolute Gasteiger partial charge is 0.324 e. The molecule has 11 N–H and O–H groups in total.